The fourth-order valence-corrected chi connectivity index (χ4v) is 6.97. The van der Waals surface area contributed by atoms with Crippen LogP contribution < -0.4 is 19.5 Å². The molecule has 0 spiro atoms. The molecule has 2 aliphatic rings. The molecule has 0 radical (unpaired) electrons. The van der Waals surface area contributed by atoms with Crippen LogP contribution in [-0.4, -0.2) is 110 Å². The minimum Gasteiger partial charge on any atom is -0.492 e. The Morgan fingerprint density at radius 3 is 2.32 bits per heavy atom. The maximum Gasteiger partial charge on any atom is 0.418 e. The first-order valence-electron chi connectivity index (χ1n) is 15.7. The van der Waals surface area contributed by atoms with E-state index in [4.69, 9.17) is 9.47 Å². The van der Waals surface area contributed by atoms with Crippen LogP contribution in [0, 0.1) is 0 Å². The van der Waals surface area contributed by atoms with Crippen molar-refractivity contribution >= 4 is 44.3 Å². The van der Waals surface area contributed by atoms with Crippen molar-refractivity contribution < 1.29 is 32.6 Å². The SMILES string of the molecule is COc1c(NC(=O)Oc2cc3cccc(CN4CCN(C(=O)[C@H]5C[C@@H](O)CN5C)CC4)c3n2C)cc(C(C)(C)C)cc1NS(C)(=O)=O. The minimum absolute atomic E-state index is 0.0824. The molecule has 2 fully saturated rings. The van der Waals surface area contributed by atoms with Crippen molar-refractivity contribution in [2.75, 3.05) is 63.2 Å². The average Bonchev–Trinajstić information content (AvgIpc) is 3.49. The summed E-state index contributed by atoms with van der Waals surface area (Å²) in [4.78, 5) is 32.5. The average molecular weight is 671 g/mol. The molecule has 3 aromatic rings. The maximum absolute atomic E-state index is 13.3. The summed E-state index contributed by atoms with van der Waals surface area (Å²) in [6.45, 7) is 9.83. The summed E-state index contributed by atoms with van der Waals surface area (Å²) in [7, 11) is 1.50. The van der Waals surface area contributed by atoms with Crippen LogP contribution in [0.2, 0.25) is 0 Å². The molecule has 2 amide bonds. The van der Waals surface area contributed by atoms with Gasteiger partial charge in [-0.05, 0) is 42.1 Å². The molecular weight excluding hydrogens is 624 g/mol. The number of hydrogen-bond donors (Lipinski definition) is 3. The van der Waals surface area contributed by atoms with E-state index in [2.05, 4.69) is 21.0 Å². The zero-order valence-corrected chi connectivity index (χ0v) is 29.0. The van der Waals surface area contributed by atoms with E-state index < -0.39 is 22.2 Å². The molecule has 0 saturated carbocycles. The van der Waals surface area contributed by atoms with E-state index in [0.29, 0.717) is 38.5 Å². The number of likely N-dealkylation sites (tertiary alicyclic amines) is 1. The van der Waals surface area contributed by atoms with Crippen molar-refractivity contribution in [1.82, 2.24) is 19.3 Å². The van der Waals surface area contributed by atoms with Crippen LogP contribution in [0.5, 0.6) is 11.6 Å². The van der Waals surface area contributed by atoms with Gasteiger partial charge in [0.25, 0.3) is 0 Å². The molecule has 3 heterocycles. The normalized spacial score (nSPS) is 19.6. The number of hydrogen-bond acceptors (Lipinski definition) is 9. The summed E-state index contributed by atoms with van der Waals surface area (Å²) in [6, 6.07) is 11.0. The molecule has 0 unspecified atom stereocenters. The number of carbonyl (C=O) groups is 2. The second-order valence-corrected chi connectivity index (χ2v) is 15.3. The summed E-state index contributed by atoms with van der Waals surface area (Å²) in [5, 5.41) is 13.6. The van der Waals surface area contributed by atoms with Crippen LogP contribution in [0.25, 0.3) is 10.9 Å². The van der Waals surface area contributed by atoms with Gasteiger partial charge in [0.1, 0.15) is 0 Å². The Bertz CT molecular complexity index is 1760. The van der Waals surface area contributed by atoms with E-state index in [1.807, 2.05) is 61.4 Å². The first kappa shape index (κ1) is 34.5. The third-order valence-corrected chi connectivity index (χ3v) is 9.46. The molecule has 256 valence electrons. The number of rotatable bonds is 8. The van der Waals surface area contributed by atoms with E-state index >= 15 is 0 Å². The zero-order chi connectivity index (χ0) is 34.3. The number of para-hydroxylation sites is 1. The summed E-state index contributed by atoms with van der Waals surface area (Å²) >= 11 is 0. The topological polar surface area (TPSA) is 146 Å². The Hall–Kier alpha value is -3.85. The van der Waals surface area contributed by atoms with Crippen molar-refractivity contribution in [2.45, 2.75) is 51.3 Å². The van der Waals surface area contributed by atoms with Crippen LogP contribution in [0.15, 0.2) is 36.4 Å². The van der Waals surface area contributed by atoms with Gasteiger partial charge in [0.15, 0.2) is 5.75 Å². The predicted octanol–water partition coefficient (Wildman–Crippen LogP) is 3.18. The molecule has 2 saturated heterocycles. The number of β-amino-alcohol motifs (C(OH)–C–C–N with tert-alkyl or cyclic N) is 1. The maximum atomic E-state index is 13.3. The molecule has 2 aliphatic heterocycles. The molecular formula is C33H46N6O7S. The van der Waals surface area contributed by atoms with Gasteiger partial charge in [-0.15, -0.1) is 0 Å². The Balaban J connectivity index is 1.30. The van der Waals surface area contributed by atoms with Crippen LogP contribution in [0.3, 0.4) is 0 Å². The van der Waals surface area contributed by atoms with Crippen molar-refractivity contribution in [2.24, 2.45) is 7.05 Å². The Morgan fingerprint density at radius 2 is 1.72 bits per heavy atom. The number of piperazine rings is 1. The van der Waals surface area contributed by atoms with Gasteiger partial charge < -0.3 is 24.0 Å². The molecule has 0 aliphatic carbocycles. The van der Waals surface area contributed by atoms with Gasteiger partial charge in [-0.25, -0.2) is 13.2 Å². The minimum atomic E-state index is -3.62. The number of aliphatic hydroxyl groups is 1. The van der Waals surface area contributed by atoms with E-state index in [-0.39, 0.29) is 34.5 Å². The number of amides is 2. The zero-order valence-electron chi connectivity index (χ0n) is 28.2. The molecule has 3 N–H and O–H groups in total. The van der Waals surface area contributed by atoms with Crippen LogP contribution in [-0.2, 0) is 33.8 Å². The van der Waals surface area contributed by atoms with E-state index in [1.54, 1.807) is 18.2 Å². The Labute approximate surface area is 276 Å². The van der Waals surface area contributed by atoms with Gasteiger partial charge in [0.05, 0.1) is 42.4 Å². The molecule has 2 atom stereocenters. The number of likely N-dealkylation sites (N-methyl/N-ethyl adjacent to an activating group) is 1. The van der Waals surface area contributed by atoms with Crippen molar-refractivity contribution in [3.8, 4) is 11.6 Å². The second-order valence-electron chi connectivity index (χ2n) is 13.6. The number of fused-ring (bicyclic) bond motifs is 1. The molecule has 2 aromatic carbocycles. The highest BCUT2D eigenvalue weighted by molar-refractivity contribution is 7.92. The monoisotopic (exact) mass is 670 g/mol. The predicted molar refractivity (Wildman–Crippen MR) is 182 cm³/mol. The largest absolute Gasteiger partial charge is 0.492 e. The Morgan fingerprint density at radius 1 is 1.04 bits per heavy atom. The highest BCUT2D eigenvalue weighted by Gasteiger charge is 2.37. The molecule has 13 nitrogen and oxygen atoms in total. The number of anilines is 2. The summed E-state index contributed by atoms with van der Waals surface area (Å²) in [5.74, 6) is 0.581. The molecule has 1 aromatic heterocycles. The van der Waals surface area contributed by atoms with E-state index in [1.165, 1.54) is 7.11 Å². The quantitative estimate of drug-likeness (QED) is 0.329. The number of aryl methyl sites for hydroxylation is 1. The lowest BCUT2D eigenvalue weighted by Crippen LogP contribution is -2.52. The fraction of sp³-hybridized carbons (Fsp3) is 0.515. The van der Waals surface area contributed by atoms with Crippen molar-refractivity contribution in [1.29, 1.82) is 0 Å². The van der Waals surface area contributed by atoms with E-state index in [9.17, 15) is 23.1 Å². The van der Waals surface area contributed by atoms with Gasteiger partial charge in [-0.2, -0.15) is 0 Å². The molecule has 47 heavy (non-hydrogen) atoms. The highest BCUT2D eigenvalue weighted by atomic mass is 32.2. The number of nitrogens with zero attached hydrogens (tertiary/aromatic N) is 4. The van der Waals surface area contributed by atoms with Crippen LogP contribution in [0.4, 0.5) is 16.2 Å². The van der Waals surface area contributed by atoms with Gasteiger partial charge in [0, 0.05) is 57.8 Å². The van der Waals surface area contributed by atoms with Gasteiger partial charge in [-0.1, -0.05) is 39.0 Å². The number of aliphatic hydroxyl groups excluding tert-OH is 1. The lowest BCUT2D eigenvalue weighted by Gasteiger charge is -2.37. The summed E-state index contributed by atoms with van der Waals surface area (Å²) in [6.07, 6.45) is 0.315. The Kier molecular flexibility index (Phi) is 9.79. The second kappa shape index (κ2) is 13.3. The van der Waals surface area contributed by atoms with Crippen molar-refractivity contribution in [3.05, 3.63) is 47.5 Å². The van der Waals surface area contributed by atoms with Crippen LogP contribution >= 0.6 is 0 Å². The van der Waals surface area contributed by atoms with Crippen molar-refractivity contribution in [3.63, 3.8) is 0 Å². The lowest BCUT2D eigenvalue weighted by molar-refractivity contribution is -0.137. The fourth-order valence-electron chi connectivity index (χ4n) is 6.42. The van der Waals surface area contributed by atoms with Gasteiger partial charge >= 0.3 is 6.09 Å². The summed E-state index contributed by atoms with van der Waals surface area (Å²) < 4.78 is 39.8. The standard InChI is InChI=1S/C33H46N6O7S/c1-33(2,3)23-16-25(30(45-6)26(17-23)35-47(7,43)44)34-32(42)46-28-15-21-9-8-10-22(29(21)37(28)5)19-38-11-13-39(14-12-38)31(41)27-18-24(40)20-36(27)4/h8-10,15-17,24,27,35,40H,11-14,18-20H2,1-7H3,(H,34,42)/t24-,27-/m1/s1. The third-order valence-electron chi connectivity index (χ3n) is 8.87. The number of aromatic nitrogens is 1. The summed E-state index contributed by atoms with van der Waals surface area (Å²) in [5.41, 5.74) is 2.90. The van der Waals surface area contributed by atoms with E-state index in [0.717, 1.165) is 41.4 Å². The smallest absolute Gasteiger partial charge is 0.418 e. The first-order valence-corrected chi connectivity index (χ1v) is 17.6. The first-order chi connectivity index (χ1) is 22.0. The lowest BCUT2D eigenvalue weighted by atomic mass is 9.86. The third kappa shape index (κ3) is 7.83. The van der Waals surface area contributed by atoms with Gasteiger partial charge in [-0.3, -0.25) is 24.6 Å². The molecule has 14 heteroatoms. The number of methoxy groups -OCH3 is 1. The molecule has 0 bridgehead atoms. The number of benzene rings is 2. The van der Waals surface area contributed by atoms with Crippen LogP contribution in [0.1, 0.15) is 38.3 Å². The van der Waals surface area contributed by atoms with Gasteiger partial charge in [0.2, 0.25) is 21.8 Å². The molecule has 5 rings (SSSR count). The number of carbonyl (C=O) groups excluding carboxylic acids is 2. The number of sulfonamides is 1. The highest BCUT2D eigenvalue weighted by Crippen LogP contribution is 2.39. The number of nitrogens with one attached hydrogen (secondary N) is 2. The number of ether oxygens (including phenoxy) is 2.